The zero-order valence-corrected chi connectivity index (χ0v) is 12.3. The van der Waals surface area contributed by atoms with E-state index in [2.05, 4.69) is 9.97 Å². The van der Waals surface area contributed by atoms with E-state index in [-0.39, 0.29) is 5.28 Å². The second-order valence-electron chi connectivity index (χ2n) is 4.63. The fourth-order valence-electron chi connectivity index (χ4n) is 2.02. The molecule has 0 unspecified atom stereocenters. The molecule has 0 atom stereocenters. The molecule has 22 heavy (non-hydrogen) atoms. The lowest BCUT2D eigenvalue weighted by atomic mass is 10.1. The number of hydrogen-bond donors (Lipinski definition) is 0. The monoisotopic (exact) mass is 314 g/mol. The van der Waals surface area contributed by atoms with Gasteiger partial charge in [0.05, 0.1) is 5.69 Å². The fourth-order valence-corrected chi connectivity index (χ4v) is 2.17. The van der Waals surface area contributed by atoms with Crippen LogP contribution in [0.2, 0.25) is 5.28 Å². The molecule has 0 N–H and O–H groups in total. The van der Waals surface area contributed by atoms with Crippen LogP contribution in [0.15, 0.2) is 60.8 Å². The lowest BCUT2D eigenvalue weighted by Gasteiger charge is -2.08. The molecule has 0 saturated carbocycles. The van der Waals surface area contributed by atoms with Crippen LogP contribution in [0.4, 0.5) is 4.39 Å². The van der Waals surface area contributed by atoms with Crippen molar-refractivity contribution in [3.63, 3.8) is 0 Å². The lowest BCUT2D eigenvalue weighted by Crippen LogP contribution is -1.96. The number of nitrogens with zero attached hydrogens (tertiary/aromatic N) is 2. The Balaban J connectivity index is 1.77. The molecule has 1 aromatic heterocycles. The Bertz CT molecular complexity index is 781. The molecule has 0 bridgehead atoms. The highest BCUT2D eigenvalue weighted by molar-refractivity contribution is 6.28. The van der Waals surface area contributed by atoms with Crippen LogP contribution in [0.5, 0.6) is 5.75 Å². The summed E-state index contributed by atoms with van der Waals surface area (Å²) in [5, 5.41) is 0.0845. The molecule has 0 aliphatic rings. The average molecular weight is 315 g/mol. The third-order valence-corrected chi connectivity index (χ3v) is 3.27. The fraction of sp³-hybridized carbons (Fsp3) is 0.0588. The van der Waals surface area contributed by atoms with Gasteiger partial charge < -0.3 is 4.74 Å². The van der Waals surface area contributed by atoms with Crippen LogP contribution in [0, 0.1) is 5.82 Å². The minimum Gasteiger partial charge on any atom is -0.489 e. The van der Waals surface area contributed by atoms with Gasteiger partial charge in [-0.25, -0.2) is 14.4 Å². The zero-order valence-electron chi connectivity index (χ0n) is 11.5. The number of hydrogen-bond acceptors (Lipinski definition) is 3. The average Bonchev–Trinajstić information content (AvgIpc) is 2.54. The third-order valence-electron chi connectivity index (χ3n) is 3.09. The molecule has 110 valence electrons. The molecule has 3 aromatic rings. The van der Waals surface area contributed by atoms with E-state index in [0.29, 0.717) is 23.6 Å². The van der Waals surface area contributed by atoms with Crippen LogP contribution in [0.25, 0.3) is 11.3 Å². The van der Waals surface area contributed by atoms with Crippen molar-refractivity contribution >= 4 is 11.6 Å². The minimum absolute atomic E-state index is 0.0845. The van der Waals surface area contributed by atoms with E-state index in [1.807, 2.05) is 30.3 Å². The molecule has 2 aromatic carbocycles. The number of rotatable bonds is 4. The Morgan fingerprint density at radius 3 is 2.59 bits per heavy atom. The Morgan fingerprint density at radius 1 is 1.05 bits per heavy atom. The summed E-state index contributed by atoms with van der Waals surface area (Å²) in [4.78, 5) is 7.78. The molecular formula is C17H12ClFN2O. The summed E-state index contributed by atoms with van der Waals surface area (Å²) >= 11 is 5.73. The highest BCUT2D eigenvalue weighted by Crippen LogP contribution is 2.25. The Labute approximate surface area is 132 Å². The summed E-state index contributed by atoms with van der Waals surface area (Å²) in [6.45, 7) is 0.388. The third kappa shape index (κ3) is 3.40. The van der Waals surface area contributed by atoms with Crippen molar-refractivity contribution in [2.24, 2.45) is 0 Å². The Morgan fingerprint density at radius 2 is 1.86 bits per heavy atom. The summed E-state index contributed by atoms with van der Waals surface area (Å²) in [5.74, 6) is 0.0468. The van der Waals surface area contributed by atoms with Crippen LogP contribution in [0.3, 0.4) is 0 Å². The van der Waals surface area contributed by atoms with Gasteiger partial charge in [0.2, 0.25) is 5.28 Å². The van der Waals surface area contributed by atoms with Gasteiger partial charge in [-0.05, 0) is 35.4 Å². The smallest absolute Gasteiger partial charge is 0.222 e. The first-order valence-corrected chi connectivity index (χ1v) is 7.05. The molecule has 0 saturated heterocycles. The van der Waals surface area contributed by atoms with Crippen LogP contribution < -0.4 is 4.74 Å². The van der Waals surface area contributed by atoms with Gasteiger partial charge in [0.25, 0.3) is 0 Å². The number of aromatic nitrogens is 2. The molecule has 3 rings (SSSR count). The molecule has 0 aliphatic carbocycles. The normalized spacial score (nSPS) is 10.5. The quantitative estimate of drug-likeness (QED) is 0.664. The van der Waals surface area contributed by atoms with Crippen molar-refractivity contribution in [3.05, 3.63) is 77.5 Å². The standard InChI is InChI=1S/C17H12ClFN2O/c18-17-20-9-8-16(21-17)14-7-6-13(10-15(14)19)22-11-12-4-2-1-3-5-12/h1-10H,11H2. The van der Waals surface area contributed by atoms with Crippen molar-refractivity contribution in [3.8, 4) is 17.0 Å². The lowest BCUT2D eigenvalue weighted by molar-refractivity contribution is 0.304. The van der Waals surface area contributed by atoms with Gasteiger partial charge in [-0.15, -0.1) is 0 Å². The molecule has 0 spiro atoms. The first kappa shape index (κ1) is 14.5. The van der Waals surface area contributed by atoms with Crippen molar-refractivity contribution in [1.82, 2.24) is 9.97 Å². The van der Waals surface area contributed by atoms with Crippen molar-refractivity contribution in [2.45, 2.75) is 6.61 Å². The topological polar surface area (TPSA) is 35.0 Å². The first-order valence-electron chi connectivity index (χ1n) is 6.67. The number of ether oxygens (including phenoxy) is 1. The van der Waals surface area contributed by atoms with Crippen LogP contribution in [0.1, 0.15) is 5.56 Å². The van der Waals surface area contributed by atoms with Gasteiger partial charge in [0.15, 0.2) is 0 Å². The second-order valence-corrected chi connectivity index (χ2v) is 4.96. The molecule has 3 nitrogen and oxygen atoms in total. The Hall–Kier alpha value is -2.46. The maximum atomic E-state index is 14.2. The van der Waals surface area contributed by atoms with E-state index in [0.717, 1.165) is 5.56 Å². The highest BCUT2D eigenvalue weighted by Gasteiger charge is 2.09. The van der Waals surface area contributed by atoms with Gasteiger partial charge >= 0.3 is 0 Å². The van der Waals surface area contributed by atoms with Gasteiger partial charge in [-0.2, -0.15) is 0 Å². The largest absolute Gasteiger partial charge is 0.489 e. The van der Waals surface area contributed by atoms with Crippen LogP contribution >= 0.6 is 11.6 Å². The second kappa shape index (κ2) is 6.54. The van der Waals surface area contributed by atoms with Crippen LogP contribution in [-0.2, 0) is 6.61 Å². The Kier molecular flexibility index (Phi) is 4.30. The number of halogens is 2. The molecule has 0 amide bonds. The summed E-state index contributed by atoms with van der Waals surface area (Å²) < 4.78 is 19.8. The summed E-state index contributed by atoms with van der Waals surface area (Å²) in [7, 11) is 0. The first-order chi connectivity index (χ1) is 10.7. The molecular weight excluding hydrogens is 303 g/mol. The maximum absolute atomic E-state index is 14.2. The van der Waals surface area contributed by atoms with Gasteiger partial charge in [-0.1, -0.05) is 30.3 Å². The summed E-state index contributed by atoms with van der Waals surface area (Å²) in [5.41, 5.74) is 1.82. The summed E-state index contributed by atoms with van der Waals surface area (Å²) in [6, 6.07) is 16.0. The summed E-state index contributed by atoms with van der Waals surface area (Å²) in [6.07, 6.45) is 1.49. The van der Waals surface area contributed by atoms with Crippen molar-refractivity contribution in [1.29, 1.82) is 0 Å². The van der Waals surface area contributed by atoms with E-state index in [4.69, 9.17) is 16.3 Å². The SMILES string of the molecule is Fc1cc(OCc2ccccc2)ccc1-c1ccnc(Cl)n1. The highest BCUT2D eigenvalue weighted by atomic mass is 35.5. The van der Waals surface area contributed by atoms with Gasteiger partial charge in [0, 0.05) is 17.8 Å². The molecule has 1 heterocycles. The molecule has 0 fully saturated rings. The van der Waals surface area contributed by atoms with E-state index < -0.39 is 5.82 Å². The maximum Gasteiger partial charge on any atom is 0.222 e. The van der Waals surface area contributed by atoms with E-state index in [9.17, 15) is 4.39 Å². The van der Waals surface area contributed by atoms with E-state index in [1.54, 1.807) is 18.2 Å². The van der Waals surface area contributed by atoms with Crippen LogP contribution in [-0.4, -0.2) is 9.97 Å². The predicted molar refractivity (Wildman–Crippen MR) is 83.2 cm³/mol. The van der Waals surface area contributed by atoms with E-state index >= 15 is 0 Å². The van der Waals surface area contributed by atoms with Crippen molar-refractivity contribution in [2.75, 3.05) is 0 Å². The molecule has 0 radical (unpaired) electrons. The van der Waals surface area contributed by atoms with Gasteiger partial charge in [0.1, 0.15) is 18.2 Å². The van der Waals surface area contributed by atoms with Crippen molar-refractivity contribution < 1.29 is 9.13 Å². The van der Waals surface area contributed by atoms with E-state index in [1.165, 1.54) is 12.3 Å². The molecule has 0 aliphatic heterocycles. The predicted octanol–water partition coefficient (Wildman–Crippen LogP) is 4.52. The minimum atomic E-state index is -0.416. The number of benzene rings is 2. The molecule has 5 heteroatoms. The zero-order chi connectivity index (χ0) is 15.4. The van der Waals surface area contributed by atoms with Gasteiger partial charge in [-0.3, -0.25) is 0 Å².